The van der Waals surface area contributed by atoms with Gasteiger partial charge in [0.1, 0.15) is 0 Å². The number of amides is 1. The molecule has 1 aromatic carbocycles. The molecular weight excluding hydrogens is 293 g/mol. The molecule has 2 bridgehead atoms. The zero-order valence-corrected chi connectivity index (χ0v) is 12.6. The third-order valence-electron chi connectivity index (χ3n) is 4.44. The SMILES string of the molecule is O=C(/C=C/c1ccc(Cl)cc1Cl)N[C@H]1C[C@@H]2CC[C@@H]1C2. The maximum atomic E-state index is 12.0. The van der Waals surface area contributed by atoms with Crippen LogP contribution in [0.1, 0.15) is 31.2 Å². The summed E-state index contributed by atoms with van der Waals surface area (Å²) >= 11 is 11.9. The lowest BCUT2D eigenvalue weighted by Crippen LogP contribution is -2.37. The Morgan fingerprint density at radius 2 is 2.10 bits per heavy atom. The Hall–Kier alpha value is -0.990. The molecule has 2 aliphatic rings. The Morgan fingerprint density at radius 3 is 2.75 bits per heavy atom. The molecule has 2 nitrogen and oxygen atoms in total. The maximum absolute atomic E-state index is 12.0. The number of carbonyl (C=O) groups is 1. The summed E-state index contributed by atoms with van der Waals surface area (Å²) in [5, 5.41) is 4.27. The monoisotopic (exact) mass is 309 g/mol. The number of rotatable bonds is 3. The molecule has 2 aliphatic carbocycles. The summed E-state index contributed by atoms with van der Waals surface area (Å²) < 4.78 is 0. The number of benzene rings is 1. The molecule has 2 saturated carbocycles. The molecule has 0 radical (unpaired) electrons. The van der Waals surface area contributed by atoms with Gasteiger partial charge >= 0.3 is 0 Å². The Kier molecular flexibility index (Phi) is 4.04. The topological polar surface area (TPSA) is 29.1 Å². The van der Waals surface area contributed by atoms with Gasteiger partial charge in [0.25, 0.3) is 0 Å². The molecule has 1 aromatic rings. The number of hydrogen-bond donors (Lipinski definition) is 1. The Labute approximate surface area is 129 Å². The fraction of sp³-hybridized carbons (Fsp3) is 0.438. The van der Waals surface area contributed by atoms with Crippen molar-refractivity contribution >= 4 is 35.2 Å². The molecule has 2 fully saturated rings. The van der Waals surface area contributed by atoms with Crippen molar-refractivity contribution in [3.05, 3.63) is 39.9 Å². The Bertz CT molecular complexity index is 555. The average Bonchev–Trinajstić information content (AvgIpc) is 3.00. The molecule has 0 aromatic heterocycles. The Morgan fingerprint density at radius 1 is 1.25 bits per heavy atom. The molecule has 0 aliphatic heterocycles. The highest BCUT2D eigenvalue weighted by Crippen LogP contribution is 2.44. The summed E-state index contributed by atoms with van der Waals surface area (Å²) in [6.07, 6.45) is 8.33. The van der Waals surface area contributed by atoms with Gasteiger partial charge in [0.15, 0.2) is 0 Å². The zero-order valence-electron chi connectivity index (χ0n) is 11.1. The van der Waals surface area contributed by atoms with Crippen LogP contribution in [0.15, 0.2) is 24.3 Å². The largest absolute Gasteiger partial charge is 0.350 e. The van der Waals surface area contributed by atoms with Gasteiger partial charge in [0.2, 0.25) is 5.91 Å². The van der Waals surface area contributed by atoms with Crippen LogP contribution in [-0.4, -0.2) is 11.9 Å². The van der Waals surface area contributed by atoms with Crippen LogP contribution in [0, 0.1) is 11.8 Å². The van der Waals surface area contributed by atoms with E-state index in [1.54, 1.807) is 24.3 Å². The minimum atomic E-state index is -0.0337. The highest BCUT2D eigenvalue weighted by atomic mass is 35.5. The summed E-state index contributed by atoms with van der Waals surface area (Å²) in [7, 11) is 0. The van der Waals surface area contributed by atoms with E-state index in [0.29, 0.717) is 22.0 Å². The second kappa shape index (κ2) is 5.79. The van der Waals surface area contributed by atoms with Crippen molar-refractivity contribution in [2.45, 2.75) is 31.7 Å². The van der Waals surface area contributed by atoms with E-state index >= 15 is 0 Å². The van der Waals surface area contributed by atoms with E-state index in [0.717, 1.165) is 17.9 Å². The van der Waals surface area contributed by atoms with Gasteiger partial charge in [-0.25, -0.2) is 0 Å². The van der Waals surface area contributed by atoms with E-state index in [1.807, 2.05) is 6.07 Å². The molecule has 0 unspecified atom stereocenters. The van der Waals surface area contributed by atoms with Crippen LogP contribution in [0.2, 0.25) is 10.0 Å². The van der Waals surface area contributed by atoms with Crippen molar-refractivity contribution in [1.29, 1.82) is 0 Å². The molecule has 20 heavy (non-hydrogen) atoms. The van der Waals surface area contributed by atoms with E-state index < -0.39 is 0 Å². The van der Waals surface area contributed by atoms with E-state index in [1.165, 1.54) is 19.3 Å². The lowest BCUT2D eigenvalue weighted by Gasteiger charge is -2.22. The molecule has 0 spiro atoms. The predicted molar refractivity (Wildman–Crippen MR) is 82.9 cm³/mol. The van der Waals surface area contributed by atoms with Crippen molar-refractivity contribution in [2.75, 3.05) is 0 Å². The fourth-order valence-corrected chi connectivity index (χ4v) is 3.93. The van der Waals surface area contributed by atoms with Crippen molar-refractivity contribution in [3.63, 3.8) is 0 Å². The van der Waals surface area contributed by atoms with Crippen LogP contribution in [0.3, 0.4) is 0 Å². The van der Waals surface area contributed by atoms with Gasteiger partial charge in [-0.1, -0.05) is 35.7 Å². The molecule has 1 amide bonds. The van der Waals surface area contributed by atoms with Gasteiger partial charge in [-0.15, -0.1) is 0 Å². The van der Waals surface area contributed by atoms with Crippen molar-refractivity contribution in [2.24, 2.45) is 11.8 Å². The van der Waals surface area contributed by atoms with Crippen LogP contribution < -0.4 is 5.32 Å². The lowest BCUT2D eigenvalue weighted by atomic mass is 9.95. The Balaban J connectivity index is 1.59. The third-order valence-corrected chi connectivity index (χ3v) is 5.00. The second-order valence-electron chi connectivity index (χ2n) is 5.79. The van der Waals surface area contributed by atoms with Crippen molar-refractivity contribution in [1.82, 2.24) is 5.32 Å². The van der Waals surface area contributed by atoms with Gasteiger partial charge in [-0.05, 0) is 54.9 Å². The first kappa shape index (κ1) is 14.0. The minimum Gasteiger partial charge on any atom is -0.350 e. The number of hydrogen-bond acceptors (Lipinski definition) is 1. The van der Waals surface area contributed by atoms with E-state index in [-0.39, 0.29) is 5.91 Å². The smallest absolute Gasteiger partial charge is 0.244 e. The highest BCUT2D eigenvalue weighted by Gasteiger charge is 2.39. The average molecular weight is 310 g/mol. The van der Waals surface area contributed by atoms with Gasteiger partial charge < -0.3 is 5.32 Å². The molecule has 4 heteroatoms. The molecular formula is C16H17Cl2NO. The van der Waals surface area contributed by atoms with E-state index in [9.17, 15) is 4.79 Å². The first-order chi connectivity index (χ1) is 9.61. The molecule has 3 atom stereocenters. The quantitative estimate of drug-likeness (QED) is 0.828. The van der Waals surface area contributed by atoms with Crippen LogP contribution in [0.25, 0.3) is 6.08 Å². The molecule has 0 heterocycles. The van der Waals surface area contributed by atoms with Gasteiger partial charge in [0.05, 0.1) is 0 Å². The molecule has 0 saturated heterocycles. The van der Waals surface area contributed by atoms with Crippen molar-refractivity contribution in [3.8, 4) is 0 Å². The summed E-state index contributed by atoms with van der Waals surface area (Å²) in [5.74, 6) is 1.49. The van der Waals surface area contributed by atoms with Crippen LogP contribution in [-0.2, 0) is 4.79 Å². The number of fused-ring (bicyclic) bond motifs is 2. The standard InChI is InChI=1S/C16H17Cl2NO/c17-13-5-3-11(14(18)9-13)4-6-16(20)19-15-8-10-1-2-12(15)7-10/h3-6,9-10,12,15H,1-2,7-8H2,(H,19,20)/b6-4+/t10-,12-,15+/m1/s1. The normalized spacial score (nSPS) is 28.2. The van der Waals surface area contributed by atoms with Crippen LogP contribution in [0.4, 0.5) is 0 Å². The summed E-state index contributed by atoms with van der Waals surface area (Å²) in [5.41, 5.74) is 0.805. The molecule has 3 rings (SSSR count). The second-order valence-corrected chi connectivity index (χ2v) is 6.63. The summed E-state index contributed by atoms with van der Waals surface area (Å²) in [6.45, 7) is 0. The molecule has 106 valence electrons. The minimum absolute atomic E-state index is 0.0337. The predicted octanol–water partition coefficient (Wildman–Crippen LogP) is 4.31. The first-order valence-electron chi connectivity index (χ1n) is 7.05. The highest BCUT2D eigenvalue weighted by molar-refractivity contribution is 6.35. The zero-order chi connectivity index (χ0) is 14.1. The summed E-state index contributed by atoms with van der Waals surface area (Å²) in [4.78, 5) is 12.0. The number of carbonyl (C=O) groups excluding carboxylic acids is 1. The van der Waals surface area contributed by atoms with Gasteiger partial charge in [-0.3, -0.25) is 4.79 Å². The number of nitrogens with one attached hydrogen (secondary N) is 1. The lowest BCUT2D eigenvalue weighted by molar-refractivity contribution is -0.117. The maximum Gasteiger partial charge on any atom is 0.244 e. The third kappa shape index (κ3) is 3.02. The van der Waals surface area contributed by atoms with E-state index in [2.05, 4.69) is 5.32 Å². The van der Waals surface area contributed by atoms with Gasteiger partial charge in [0, 0.05) is 22.2 Å². The van der Waals surface area contributed by atoms with Gasteiger partial charge in [-0.2, -0.15) is 0 Å². The van der Waals surface area contributed by atoms with E-state index in [4.69, 9.17) is 23.2 Å². The first-order valence-corrected chi connectivity index (χ1v) is 7.81. The summed E-state index contributed by atoms with van der Waals surface area (Å²) in [6, 6.07) is 5.62. The van der Waals surface area contributed by atoms with Crippen molar-refractivity contribution < 1.29 is 4.79 Å². The number of halogens is 2. The van der Waals surface area contributed by atoms with Crippen LogP contribution >= 0.6 is 23.2 Å². The fourth-order valence-electron chi connectivity index (χ4n) is 3.45. The van der Waals surface area contributed by atoms with Crippen LogP contribution in [0.5, 0.6) is 0 Å². The molecule has 1 N–H and O–H groups in total.